The number of nitrogens with zero attached hydrogens (tertiary/aromatic N) is 2. The lowest BCUT2D eigenvalue weighted by Gasteiger charge is -2.25. The molecule has 0 aliphatic heterocycles. The lowest BCUT2D eigenvalue weighted by atomic mass is 10.2. The van der Waals surface area contributed by atoms with Crippen molar-refractivity contribution in [2.24, 2.45) is 0 Å². The fourth-order valence-corrected chi connectivity index (χ4v) is 4.13. The Morgan fingerprint density at radius 2 is 1.89 bits per heavy atom. The number of hydrogen-bond acceptors (Lipinski definition) is 4. The number of halogens is 4. The average molecular weight is 435 g/mol. The highest BCUT2D eigenvalue weighted by atomic mass is 35.5. The van der Waals surface area contributed by atoms with Crippen molar-refractivity contribution in [1.29, 1.82) is 0 Å². The highest BCUT2D eigenvalue weighted by molar-refractivity contribution is 7.92. The fraction of sp³-hybridized carbons (Fsp3) is 0.176. The third-order valence-electron chi connectivity index (χ3n) is 3.80. The predicted octanol–water partition coefficient (Wildman–Crippen LogP) is 4.96. The Morgan fingerprint density at radius 3 is 2.43 bits per heavy atom. The van der Waals surface area contributed by atoms with Crippen LogP contribution in [-0.2, 0) is 16.2 Å². The summed E-state index contributed by atoms with van der Waals surface area (Å²) in [5.41, 5.74) is -1.71. The number of nitro groups is 1. The van der Waals surface area contributed by atoms with Crippen molar-refractivity contribution in [3.05, 3.63) is 75.3 Å². The number of alkyl halides is 3. The van der Waals surface area contributed by atoms with Gasteiger partial charge in [0, 0.05) is 11.6 Å². The van der Waals surface area contributed by atoms with Crippen LogP contribution in [0.15, 0.2) is 53.9 Å². The third kappa shape index (κ3) is 4.28. The number of anilines is 1. The maximum Gasteiger partial charge on any atom is 0.416 e. The topological polar surface area (TPSA) is 80.5 Å². The molecule has 0 saturated carbocycles. The first kappa shape index (κ1) is 21.7. The minimum Gasteiger partial charge on any atom is -0.261 e. The molecule has 2 aromatic carbocycles. The summed E-state index contributed by atoms with van der Waals surface area (Å²) in [6.45, 7) is 4.45. The van der Waals surface area contributed by atoms with Gasteiger partial charge in [-0.15, -0.1) is 6.58 Å². The first-order valence-electron chi connectivity index (χ1n) is 7.65. The quantitative estimate of drug-likeness (QED) is 0.365. The van der Waals surface area contributed by atoms with Gasteiger partial charge in [0.25, 0.3) is 15.7 Å². The highest BCUT2D eigenvalue weighted by Gasteiger charge is 2.34. The van der Waals surface area contributed by atoms with E-state index >= 15 is 0 Å². The predicted molar refractivity (Wildman–Crippen MR) is 99.0 cm³/mol. The number of rotatable bonds is 6. The van der Waals surface area contributed by atoms with Crippen LogP contribution < -0.4 is 4.31 Å². The van der Waals surface area contributed by atoms with Crippen LogP contribution in [0.5, 0.6) is 0 Å². The molecule has 6 nitrogen and oxygen atoms in total. The molecule has 0 aliphatic carbocycles. The zero-order valence-corrected chi connectivity index (χ0v) is 16.0. The van der Waals surface area contributed by atoms with Gasteiger partial charge in [-0.05, 0) is 31.2 Å². The molecule has 0 N–H and O–H groups in total. The monoisotopic (exact) mass is 434 g/mol. The van der Waals surface area contributed by atoms with E-state index in [1.165, 1.54) is 13.0 Å². The number of benzene rings is 2. The Balaban J connectivity index is 2.68. The lowest BCUT2D eigenvalue weighted by Crippen LogP contribution is -2.31. The van der Waals surface area contributed by atoms with Crippen molar-refractivity contribution >= 4 is 33.0 Å². The summed E-state index contributed by atoms with van der Waals surface area (Å²) < 4.78 is 65.8. The second kappa shape index (κ2) is 7.80. The van der Waals surface area contributed by atoms with Crippen molar-refractivity contribution in [2.45, 2.75) is 18.0 Å². The van der Waals surface area contributed by atoms with Gasteiger partial charge in [0.1, 0.15) is 0 Å². The summed E-state index contributed by atoms with van der Waals surface area (Å²) in [4.78, 5) is 9.91. The number of aryl methyl sites for hydroxylation is 1. The van der Waals surface area contributed by atoms with Gasteiger partial charge in [-0.1, -0.05) is 23.7 Å². The van der Waals surface area contributed by atoms with E-state index in [2.05, 4.69) is 6.58 Å². The number of nitro benzene ring substituents is 1. The van der Waals surface area contributed by atoms with Crippen LogP contribution in [0.1, 0.15) is 11.1 Å². The Kier molecular flexibility index (Phi) is 6.05. The number of sulfonamides is 1. The summed E-state index contributed by atoms with van der Waals surface area (Å²) in [5, 5.41) is 10.9. The van der Waals surface area contributed by atoms with E-state index in [4.69, 9.17) is 11.6 Å². The largest absolute Gasteiger partial charge is 0.416 e. The van der Waals surface area contributed by atoms with Crippen LogP contribution in [-0.4, -0.2) is 19.9 Å². The van der Waals surface area contributed by atoms with Crippen molar-refractivity contribution in [3.63, 3.8) is 0 Å². The minimum absolute atomic E-state index is 0.233. The van der Waals surface area contributed by atoms with Gasteiger partial charge in [0.05, 0.1) is 32.6 Å². The Hall–Kier alpha value is -2.59. The minimum atomic E-state index is -4.72. The highest BCUT2D eigenvalue weighted by Crippen LogP contribution is 2.37. The molecule has 0 heterocycles. The standard InChI is InChI=1S/C17H14ClF3N2O4S/c1-3-8-22(16-9-12(17(19,20)21)5-7-14(16)18)28(26,27)13-6-4-11(2)15(10-13)23(24)25/h3-7,9-10H,1,8H2,2H3. The molecule has 28 heavy (non-hydrogen) atoms. The summed E-state index contributed by atoms with van der Waals surface area (Å²) in [5.74, 6) is 0. The van der Waals surface area contributed by atoms with Crippen molar-refractivity contribution < 1.29 is 26.5 Å². The van der Waals surface area contributed by atoms with Crippen LogP contribution in [0.25, 0.3) is 0 Å². The zero-order chi connectivity index (χ0) is 21.3. The Labute approximate surface area is 164 Å². The van der Waals surface area contributed by atoms with Crippen LogP contribution in [0.4, 0.5) is 24.5 Å². The maximum atomic E-state index is 13.0. The first-order chi connectivity index (χ1) is 12.9. The Morgan fingerprint density at radius 1 is 1.25 bits per heavy atom. The van der Waals surface area contributed by atoms with E-state index < -0.39 is 49.5 Å². The second-order valence-electron chi connectivity index (χ2n) is 5.69. The Bertz CT molecular complexity index is 1040. The molecule has 150 valence electrons. The summed E-state index contributed by atoms with van der Waals surface area (Å²) in [7, 11) is -4.47. The molecule has 0 spiro atoms. The van der Waals surface area contributed by atoms with E-state index in [1.54, 1.807) is 0 Å². The normalized spacial score (nSPS) is 11.9. The maximum absolute atomic E-state index is 13.0. The molecule has 0 atom stereocenters. The van der Waals surface area contributed by atoms with Crippen LogP contribution in [0.2, 0.25) is 5.02 Å². The van der Waals surface area contributed by atoms with E-state index in [0.717, 1.165) is 30.3 Å². The SMILES string of the molecule is C=CCN(c1cc(C(F)(F)F)ccc1Cl)S(=O)(=O)c1ccc(C)c([N+](=O)[O-])c1. The second-order valence-corrected chi connectivity index (χ2v) is 7.96. The molecule has 2 aromatic rings. The molecule has 2 rings (SSSR count). The summed E-state index contributed by atoms with van der Waals surface area (Å²) in [6, 6.07) is 5.48. The van der Waals surface area contributed by atoms with Crippen LogP contribution >= 0.6 is 11.6 Å². The fourth-order valence-electron chi connectivity index (χ4n) is 2.40. The van der Waals surface area contributed by atoms with Crippen LogP contribution in [0.3, 0.4) is 0 Å². The lowest BCUT2D eigenvalue weighted by molar-refractivity contribution is -0.385. The smallest absolute Gasteiger partial charge is 0.261 e. The van der Waals surface area contributed by atoms with Crippen molar-refractivity contribution in [3.8, 4) is 0 Å². The average Bonchev–Trinajstić information content (AvgIpc) is 2.59. The molecular formula is C17H14ClF3N2O4S. The molecule has 0 bridgehead atoms. The number of hydrogen-bond donors (Lipinski definition) is 0. The van der Waals surface area contributed by atoms with Crippen molar-refractivity contribution in [1.82, 2.24) is 0 Å². The van der Waals surface area contributed by atoms with Gasteiger partial charge in [-0.25, -0.2) is 8.42 Å². The summed E-state index contributed by atoms with van der Waals surface area (Å²) >= 11 is 5.96. The van der Waals surface area contributed by atoms with Crippen LogP contribution in [0, 0.1) is 17.0 Å². The molecule has 0 radical (unpaired) electrons. The van der Waals surface area contributed by atoms with Crippen molar-refractivity contribution in [2.75, 3.05) is 10.8 Å². The van der Waals surface area contributed by atoms with E-state index in [-0.39, 0.29) is 10.6 Å². The molecule has 0 unspecified atom stereocenters. The molecule has 0 fully saturated rings. The van der Waals surface area contributed by atoms with E-state index in [0.29, 0.717) is 10.4 Å². The van der Waals surface area contributed by atoms with Gasteiger partial charge in [-0.3, -0.25) is 14.4 Å². The van der Waals surface area contributed by atoms with Gasteiger partial charge in [0.2, 0.25) is 0 Å². The third-order valence-corrected chi connectivity index (χ3v) is 5.90. The molecule has 0 aromatic heterocycles. The molecule has 0 aliphatic rings. The van der Waals surface area contributed by atoms with Gasteiger partial charge in [0.15, 0.2) is 0 Å². The molecule has 11 heteroatoms. The molecule has 0 saturated heterocycles. The van der Waals surface area contributed by atoms with E-state index in [1.807, 2.05) is 0 Å². The van der Waals surface area contributed by atoms with Gasteiger partial charge < -0.3 is 0 Å². The molecule has 0 amide bonds. The van der Waals surface area contributed by atoms with Gasteiger partial charge in [-0.2, -0.15) is 13.2 Å². The van der Waals surface area contributed by atoms with E-state index in [9.17, 15) is 31.7 Å². The zero-order valence-electron chi connectivity index (χ0n) is 14.4. The summed E-state index contributed by atoms with van der Waals surface area (Å²) in [6.07, 6.45) is -3.55. The molecular weight excluding hydrogens is 421 g/mol. The van der Waals surface area contributed by atoms with Gasteiger partial charge >= 0.3 is 6.18 Å². The first-order valence-corrected chi connectivity index (χ1v) is 9.47.